The van der Waals surface area contributed by atoms with Gasteiger partial charge in [0.25, 0.3) is 0 Å². The molecule has 0 aromatic rings. The van der Waals surface area contributed by atoms with Crippen molar-refractivity contribution in [3.05, 3.63) is 0 Å². The summed E-state index contributed by atoms with van der Waals surface area (Å²) in [6.45, 7) is 8.15. The zero-order valence-corrected chi connectivity index (χ0v) is 9.68. The molecule has 0 aromatic carbocycles. The van der Waals surface area contributed by atoms with Gasteiger partial charge in [-0.3, -0.25) is 0 Å². The topological polar surface area (TPSA) is 41.1 Å². The molecule has 3 heteroatoms. The second kappa shape index (κ2) is 4.20. The van der Waals surface area contributed by atoms with E-state index in [2.05, 4.69) is 17.6 Å². The molecule has 1 rings (SSSR count). The largest absolute Gasteiger partial charge is 0.335 e. The van der Waals surface area contributed by atoms with Gasteiger partial charge in [0.15, 0.2) is 0 Å². The number of hydrogen-bond donors (Lipinski definition) is 2. The maximum Gasteiger partial charge on any atom is 0.315 e. The fraction of sp³-hybridized carbons (Fsp3) is 0.909. The van der Waals surface area contributed by atoms with E-state index in [9.17, 15) is 4.79 Å². The number of urea groups is 1. The summed E-state index contributed by atoms with van der Waals surface area (Å²) in [6, 6.07) is 0.401. The van der Waals surface area contributed by atoms with Crippen LogP contribution < -0.4 is 10.6 Å². The van der Waals surface area contributed by atoms with E-state index in [4.69, 9.17) is 0 Å². The molecule has 14 heavy (non-hydrogen) atoms. The Morgan fingerprint density at radius 2 is 2.07 bits per heavy atom. The van der Waals surface area contributed by atoms with Crippen LogP contribution in [0, 0.1) is 5.92 Å². The summed E-state index contributed by atoms with van der Waals surface area (Å²) < 4.78 is 0. The van der Waals surface area contributed by atoms with Crippen molar-refractivity contribution in [2.75, 3.05) is 0 Å². The number of carbonyl (C=O) groups excluding carboxylic acids is 1. The van der Waals surface area contributed by atoms with E-state index < -0.39 is 0 Å². The van der Waals surface area contributed by atoms with Gasteiger partial charge in [0, 0.05) is 11.6 Å². The molecular formula is C11H22N2O. The lowest BCUT2D eigenvalue weighted by atomic mass is 10.1. The predicted octanol–water partition coefficient (Wildman–Crippen LogP) is 2.27. The van der Waals surface area contributed by atoms with E-state index in [1.54, 1.807) is 0 Å². The lowest BCUT2D eigenvalue weighted by Crippen LogP contribution is -2.47. The average molecular weight is 198 g/mol. The third kappa shape index (κ3) is 3.99. The van der Waals surface area contributed by atoms with Crippen LogP contribution in [0.1, 0.15) is 47.0 Å². The highest BCUT2D eigenvalue weighted by atomic mass is 16.2. The summed E-state index contributed by atoms with van der Waals surface area (Å²) in [6.07, 6.45) is 3.61. The molecule has 82 valence electrons. The van der Waals surface area contributed by atoms with Gasteiger partial charge in [-0.05, 0) is 39.5 Å². The summed E-state index contributed by atoms with van der Waals surface area (Å²) in [5, 5.41) is 5.90. The summed E-state index contributed by atoms with van der Waals surface area (Å²) in [7, 11) is 0. The van der Waals surface area contributed by atoms with Gasteiger partial charge in [-0.15, -0.1) is 0 Å². The van der Waals surface area contributed by atoms with E-state index in [0.29, 0.717) is 6.04 Å². The van der Waals surface area contributed by atoms with Crippen molar-refractivity contribution in [2.24, 2.45) is 5.92 Å². The normalized spacial score (nSPS) is 25.7. The second-order valence-corrected chi connectivity index (χ2v) is 5.24. The molecule has 2 N–H and O–H groups in total. The molecule has 1 aliphatic rings. The van der Waals surface area contributed by atoms with Crippen molar-refractivity contribution in [1.29, 1.82) is 0 Å². The minimum atomic E-state index is -0.140. The Kier molecular flexibility index (Phi) is 3.40. The van der Waals surface area contributed by atoms with Crippen LogP contribution in [0.2, 0.25) is 0 Å². The van der Waals surface area contributed by atoms with Crippen LogP contribution in [0.3, 0.4) is 0 Å². The summed E-state index contributed by atoms with van der Waals surface area (Å²) >= 11 is 0. The van der Waals surface area contributed by atoms with Crippen molar-refractivity contribution in [3.8, 4) is 0 Å². The van der Waals surface area contributed by atoms with Crippen molar-refractivity contribution in [2.45, 2.75) is 58.5 Å². The molecule has 2 atom stereocenters. The third-order valence-electron chi connectivity index (χ3n) is 2.39. The molecular weight excluding hydrogens is 176 g/mol. The predicted molar refractivity (Wildman–Crippen MR) is 58.2 cm³/mol. The van der Waals surface area contributed by atoms with E-state index in [1.807, 2.05) is 20.8 Å². The smallest absolute Gasteiger partial charge is 0.315 e. The molecule has 2 unspecified atom stereocenters. The lowest BCUT2D eigenvalue weighted by molar-refractivity contribution is 0.231. The lowest BCUT2D eigenvalue weighted by Gasteiger charge is -2.20. The average Bonchev–Trinajstić information content (AvgIpc) is 2.63. The van der Waals surface area contributed by atoms with Crippen molar-refractivity contribution < 1.29 is 4.79 Å². The molecule has 1 aliphatic carbocycles. The van der Waals surface area contributed by atoms with Gasteiger partial charge in [0.05, 0.1) is 0 Å². The SMILES string of the molecule is CCCC1CC1NC(=O)NC(C)(C)C. The van der Waals surface area contributed by atoms with Crippen molar-refractivity contribution in [3.63, 3.8) is 0 Å². The fourth-order valence-electron chi connectivity index (χ4n) is 1.66. The molecule has 0 saturated heterocycles. The first kappa shape index (κ1) is 11.3. The van der Waals surface area contributed by atoms with Crippen LogP contribution in [0.15, 0.2) is 0 Å². The maximum atomic E-state index is 11.4. The summed E-state index contributed by atoms with van der Waals surface area (Å²) in [5.41, 5.74) is -0.140. The Morgan fingerprint density at radius 3 is 2.57 bits per heavy atom. The van der Waals surface area contributed by atoms with Gasteiger partial charge in [0.2, 0.25) is 0 Å². The Morgan fingerprint density at radius 1 is 1.43 bits per heavy atom. The summed E-state index contributed by atoms with van der Waals surface area (Å²) in [4.78, 5) is 11.4. The molecule has 0 radical (unpaired) electrons. The van der Waals surface area contributed by atoms with Crippen molar-refractivity contribution in [1.82, 2.24) is 10.6 Å². The minimum absolute atomic E-state index is 0.0268. The zero-order valence-electron chi connectivity index (χ0n) is 9.68. The first-order valence-electron chi connectivity index (χ1n) is 5.51. The van der Waals surface area contributed by atoms with Crippen LogP contribution in [0.5, 0.6) is 0 Å². The van der Waals surface area contributed by atoms with Crippen LogP contribution in [0.4, 0.5) is 4.79 Å². The molecule has 2 amide bonds. The third-order valence-corrected chi connectivity index (χ3v) is 2.39. The fourth-order valence-corrected chi connectivity index (χ4v) is 1.66. The monoisotopic (exact) mass is 198 g/mol. The molecule has 0 aliphatic heterocycles. The van der Waals surface area contributed by atoms with Gasteiger partial charge in [0.1, 0.15) is 0 Å². The van der Waals surface area contributed by atoms with Gasteiger partial charge >= 0.3 is 6.03 Å². The summed E-state index contributed by atoms with van der Waals surface area (Å²) in [5.74, 6) is 0.728. The second-order valence-electron chi connectivity index (χ2n) is 5.24. The maximum absolute atomic E-state index is 11.4. The highest BCUT2D eigenvalue weighted by Gasteiger charge is 2.37. The highest BCUT2D eigenvalue weighted by Crippen LogP contribution is 2.34. The molecule has 1 saturated carbocycles. The number of rotatable bonds is 3. The quantitative estimate of drug-likeness (QED) is 0.717. The van der Waals surface area contributed by atoms with E-state index >= 15 is 0 Å². The Bertz CT molecular complexity index is 208. The van der Waals surface area contributed by atoms with Crippen LogP contribution >= 0.6 is 0 Å². The number of nitrogens with one attached hydrogen (secondary N) is 2. The minimum Gasteiger partial charge on any atom is -0.335 e. The van der Waals surface area contributed by atoms with E-state index in [1.165, 1.54) is 12.8 Å². The van der Waals surface area contributed by atoms with Gasteiger partial charge in [-0.1, -0.05) is 13.3 Å². The molecule has 0 heterocycles. The molecule has 1 fully saturated rings. The Balaban J connectivity index is 2.17. The van der Waals surface area contributed by atoms with Crippen LogP contribution in [0.25, 0.3) is 0 Å². The van der Waals surface area contributed by atoms with Gasteiger partial charge in [-0.2, -0.15) is 0 Å². The molecule has 0 bridgehead atoms. The van der Waals surface area contributed by atoms with Crippen LogP contribution in [-0.2, 0) is 0 Å². The molecule has 0 aromatic heterocycles. The number of carbonyl (C=O) groups is 1. The highest BCUT2D eigenvalue weighted by molar-refractivity contribution is 5.75. The standard InChI is InChI=1S/C11H22N2O/c1-5-6-8-7-9(8)12-10(14)13-11(2,3)4/h8-9H,5-7H2,1-4H3,(H2,12,13,14). The first-order valence-corrected chi connectivity index (χ1v) is 5.51. The van der Waals surface area contributed by atoms with Gasteiger partial charge in [-0.25, -0.2) is 4.79 Å². The molecule has 3 nitrogen and oxygen atoms in total. The Labute approximate surface area is 86.6 Å². The van der Waals surface area contributed by atoms with E-state index in [0.717, 1.165) is 12.3 Å². The first-order chi connectivity index (χ1) is 6.42. The van der Waals surface area contributed by atoms with Gasteiger partial charge < -0.3 is 10.6 Å². The number of amides is 2. The zero-order chi connectivity index (χ0) is 10.8. The Hall–Kier alpha value is -0.730. The van der Waals surface area contributed by atoms with Crippen LogP contribution in [-0.4, -0.2) is 17.6 Å². The number of hydrogen-bond acceptors (Lipinski definition) is 1. The molecule has 0 spiro atoms. The van der Waals surface area contributed by atoms with Crippen molar-refractivity contribution >= 4 is 6.03 Å². The van der Waals surface area contributed by atoms with E-state index in [-0.39, 0.29) is 11.6 Å².